The SMILES string of the molecule is Cc1ccc([Si](C)(C)CCO)cc1. The Morgan fingerprint density at radius 3 is 2.15 bits per heavy atom. The molecule has 0 aliphatic heterocycles. The molecule has 0 saturated carbocycles. The third-order valence-corrected chi connectivity index (χ3v) is 5.94. The van der Waals surface area contributed by atoms with Gasteiger partial charge in [-0.2, -0.15) is 0 Å². The van der Waals surface area contributed by atoms with E-state index in [0.29, 0.717) is 6.61 Å². The lowest BCUT2D eigenvalue weighted by Crippen LogP contribution is -2.41. The van der Waals surface area contributed by atoms with Gasteiger partial charge in [0.25, 0.3) is 0 Å². The first-order valence-corrected chi connectivity index (χ1v) is 7.95. The molecule has 0 aliphatic carbocycles. The van der Waals surface area contributed by atoms with Crippen LogP contribution in [0.15, 0.2) is 24.3 Å². The minimum Gasteiger partial charge on any atom is -0.397 e. The van der Waals surface area contributed by atoms with E-state index in [1.165, 1.54) is 10.8 Å². The molecular formula is C11H18OSi. The van der Waals surface area contributed by atoms with Gasteiger partial charge in [0.05, 0.1) is 8.07 Å². The molecule has 0 heterocycles. The molecule has 1 N–H and O–H groups in total. The molecule has 0 aliphatic rings. The summed E-state index contributed by atoms with van der Waals surface area (Å²) in [6.45, 7) is 7.01. The smallest absolute Gasteiger partial charge is 0.0828 e. The van der Waals surface area contributed by atoms with Gasteiger partial charge in [-0.25, -0.2) is 0 Å². The van der Waals surface area contributed by atoms with Crippen LogP contribution in [0.2, 0.25) is 19.1 Å². The van der Waals surface area contributed by atoms with Crippen LogP contribution >= 0.6 is 0 Å². The highest BCUT2D eigenvalue weighted by molar-refractivity contribution is 6.89. The zero-order valence-corrected chi connectivity index (χ0v) is 9.67. The average molecular weight is 194 g/mol. The number of rotatable bonds is 3. The Balaban J connectivity index is 2.87. The molecule has 1 aromatic carbocycles. The second-order valence-electron chi connectivity index (χ2n) is 4.22. The number of hydrogen-bond donors (Lipinski definition) is 1. The molecule has 0 unspecified atom stereocenters. The molecule has 0 bridgehead atoms. The van der Waals surface area contributed by atoms with Crippen molar-refractivity contribution in [3.05, 3.63) is 29.8 Å². The Bertz CT molecular complexity index is 264. The van der Waals surface area contributed by atoms with Crippen molar-refractivity contribution in [1.82, 2.24) is 0 Å². The molecule has 1 aromatic rings. The highest BCUT2D eigenvalue weighted by Crippen LogP contribution is 2.09. The minimum absolute atomic E-state index is 0.313. The number of aliphatic hydroxyl groups excluding tert-OH is 1. The van der Waals surface area contributed by atoms with Crippen LogP contribution in [-0.2, 0) is 0 Å². The first-order valence-electron chi connectivity index (χ1n) is 4.74. The molecule has 1 rings (SSSR count). The second-order valence-corrected chi connectivity index (χ2v) is 9.07. The fraction of sp³-hybridized carbons (Fsp3) is 0.455. The van der Waals surface area contributed by atoms with Crippen molar-refractivity contribution in [3.63, 3.8) is 0 Å². The maximum absolute atomic E-state index is 8.95. The highest BCUT2D eigenvalue weighted by Gasteiger charge is 2.21. The van der Waals surface area contributed by atoms with E-state index in [-0.39, 0.29) is 0 Å². The number of benzene rings is 1. The van der Waals surface area contributed by atoms with Crippen LogP contribution in [0.4, 0.5) is 0 Å². The third-order valence-electron chi connectivity index (χ3n) is 2.57. The molecule has 0 amide bonds. The zero-order chi connectivity index (χ0) is 9.90. The van der Waals surface area contributed by atoms with Crippen LogP contribution in [0.3, 0.4) is 0 Å². The molecule has 0 saturated heterocycles. The monoisotopic (exact) mass is 194 g/mol. The average Bonchev–Trinajstić information content (AvgIpc) is 2.05. The van der Waals surface area contributed by atoms with Crippen molar-refractivity contribution < 1.29 is 5.11 Å². The van der Waals surface area contributed by atoms with Crippen LogP contribution in [0, 0.1) is 6.92 Å². The van der Waals surface area contributed by atoms with Crippen LogP contribution in [0.5, 0.6) is 0 Å². The second kappa shape index (κ2) is 4.07. The van der Waals surface area contributed by atoms with Gasteiger partial charge in [0, 0.05) is 6.61 Å². The lowest BCUT2D eigenvalue weighted by molar-refractivity contribution is 0.317. The van der Waals surface area contributed by atoms with Crippen molar-refractivity contribution in [2.45, 2.75) is 26.1 Å². The Morgan fingerprint density at radius 2 is 1.69 bits per heavy atom. The summed E-state index contributed by atoms with van der Waals surface area (Å²) in [4.78, 5) is 0. The zero-order valence-electron chi connectivity index (χ0n) is 8.67. The van der Waals surface area contributed by atoms with Crippen molar-refractivity contribution in [2.75, 3.05) is 6.61 Å². The predicted octanol–water partition coefficient (Wildman–Crippen LogP) is 1.90. The van der Waals surface area contributed by atoms with Crippen LogP contribution in [-0.4, -0.2) is 19.8 Å². The number of aliphatic hydroxyl groups is 1. The van der Waals surface area contributed by atoms with Crippen molar-refractivity contribution in [2.24, 2.45) is 0 Å². The van der Waals surface area contributed by atoms with E-state index < -0.39 is 8.07 Å². The molecule has 0 spiro atoms. The quantitative estimate of drug-likeness (QED) is 0.729. The first kappa shape index (κ1) is 10.5. The van der Waals surface area contributed by atoms with Gasteiger partial charge in [0.15, 0.2) is 0 Å². The van der Waals surface area contributed by atoms with E-state index in [1.54, 1.807) is 0 Å². The van der Waals surface area contributed by atoms with E-state index in [4.69, 9.17) is 5.11 Å². The topological polar surface area (TPSA) is 20.2 Å². The fourth-order valence-corrected chi connectivity index (χ4v) is 3.35. The maximum atomic E-state index is 8.95. The molecule has 0 aromatic heterocycles. The van der Waals surface area contributed by atoms with E-state index in [1.807, 2.05) is 0 Å². The molecular weight excluding hydrogens is 176 g/mol. The third kappa shape index (κ3) is 2.67. The molecule has 72 valence electrons. The summed E-state index contributed by atoms with van der Waals surface area (Å²) in [5.74, 6) is 0. The molecule has 2 heteroatoms. The molecule has 1 nitrogen and oxygen atoms in total. The van der Waals surface area contributed by atoms with Gasteiger partial charge in [0.1, 0.15) is 0 Å². The lowest BCUT2D eigenvalue weighted by Gasteiger charge is -2.21. The van der Waals surface area contributed by atoms with Gasteiger partial charge in [-0.3, -0.25) is 0 Å². The van der Waals surface area contributed by atoms with E-state index >= 15 is 0 Å². The van der Waals surface area contributed by atoms with Crippen molar-refractivity contribution in [1.29, 1.82) is 0 Å². The summed E-state index contributed by atoms with van der Waals surface area (Å²) in [7, 11) is -1.35. The Hall–Kier alpha value is -0.603. The van der Waals surface area contributed by atoms with E-state index in [9.17, 15) is 0 Å². The van der Waals surface area contributed by atoms with Crippen molar-refractivity contribution in [3.8, 4) is 0 Å². The van der Waals surface area contributed by atoms with Crippen LogP contribution in [0.25, 0.3) is 0 Å². The van der Waals surface area contributed by atoms with Gasteiger partial charge >= 0.3 is 0 Å². The van der Waals surface area contributed by atoms with E-state index in [2.05, 4.69) is 44.3 Å². The summed E-state index contributed by atoms with van der Waals surface area (Å²) < 4.78 is 0. The summed E-state index contributed by atoms with van der Waals surface area (Å²) in [6.07, 6.45) is 0. The van der Waals surface area contributed by atoms with Crippen molar-refractivity contribution >= 4 is 13.3 Å². The Kier molecular flexibility index (Phi) is 3.28. The summed E-state index contributed by atoms with van der Waals surface area (Å²) in [5.41, 5.74) is 1.30. The number of aryl methyl sites for hydroxylation is 1. The molecule has 13 heavy (non-hydrogen) atoms. The minimum atomic E-state index is -1.35. The maximum Gasteiger partial charge on any atom is 0.0828 e. The standard InChI is InChI=1S/C11H18OSi/c1-10-4-6-11(7-5-10)13(2,3)9-8-12/h4-7,12H,8-9H2,1-3H3. The van der Waals surface area contributed by atoms with Crippen LogP contribution < -0.4 is 5.19 Å². The highest BCUT2D eigenvalue weighted by atomic mass is 28.3. The van der Waals surface area contributed by atoms with Gasteiger partial charge in [-0.05, 0) is 13.0 Å². The molecule has 0 radical (unpaired) electrons. The predicted molar refractivity (Wildman–Crippen MR) is 60.2 cm³/mol. The van der Waals surface area contributed by atoms with Gasteiger partial charge < -0.3 is 5.11 Å². The first-order chi connectivity index (χ1) is 6.06. The van der Waals surface area contributed by atoms with Gasteiger partial charge in [-0.1, -0.05) is 48.1 Å². The number of hydrogen-bond acceptors (Lipinski definition) is 1. The largest absolute Gasteiger partial charge is 0.397 e. The summed E-state index contributed by atoms with van der Waals surface area (Å²) in [6, 6.07) is 9.67. The van der Waals surface area contributed by atoms with Gasteiger partial charge in [-0.15, -0.1) is 0 Å². The lowest BCUT2D eigenvalue weighted by atomic mass is 10.2. The summed E-state index contributed by atoms with van der Waals surface area (Å²) >= 11 is 0. The van der Waals surface area contributed by atoms with Crippen LogP contribution in [0.1, 0.15) is 5.56 Å². The Labute approximate surface area is 81.4 Å². The summed E-state index contributed by atoms with van der Waals surface area (Å²) in [5, 5.41) is 10.4. The molecule has 0 atom stereocenters. The van der Waals surface area contributed by atoms with Gasteiger partial charge in [0.2, 0.25) is 0 Å². The molecule has 0 fully saturated rings. The fourth-order valence-electron chi connectivity index (χ4n) is 1.43. The normalized spacial score (nSPS) is 11.7. The van der Waals surface area contributed by atoms with E-state index in [0.717, 1.165) is 6.04 Å². The Morgan fingerprint density at radius 1 is 1.15 bits per heavy atom.